The number of furan rings is 1. The highest BCUT2D eigenvalue weighted by molar-refractivity contribution is 5.77. The highest BCUT2D eigenvalue weighted by Gasteiger charge is 2.40. The lowest BCUT2D eigenvalue weighted by Gasteiger charge is -2.32. The van der Waals surface area contributed by atoms with Gasteiger partial charge in [0.15, 0.2) is 0 Å². The zero-order valence-electron chi connectivity index (χ0n) is 11.6. The molecule has 1 fully saturated rings. The van der Waals surface area contributed by atoms with Crippen molar-refractivity contribution in [1.29, 1.82) is 0 Å². The molecule has 1 N–H and O–H groups in total. The van der Waals surface area contributed by atoms with Crippen molar-refractivity contribution in [3.8, 4) is 0 Å². The summed E-state index contributed by atoms with van der Waals surface area (Å²) in [6.45, 7) is 6.05. The summed E-state index contributed by atoms with van der Waals surface area (Å²) in [5, 5.41) is 4.68. The van der Waals surface area contributed by atoms with Crippen molar-refractivity contribution in [2.45, 2.75) is 38.3 Å². The van der Waals surface area contributed by atoms with Gasteiger partial charge in [-0.2, -0.15) is 0 Å². The number of hydrogen-bond donors (Lipinski definition) is 1. The Hall–Kier alpha value is -1.32. The second kappa shape index (κ2) is 4.99. The molecule has 3 nitrogen and oxygen atoms in total. The fourth-order valence-electron chi connectivity index (χ4n) is 2.99. The Morgan fingerprint density at radius 3 is 2.89 bits per heavy atom. The molecule has 2 aromatic rings. The molecule has 1 aromatic heterocycles. The van der Waals surface area contributed by atoms with E-state index in [1.165, 1.54) is 0 Å². The second-order valence-corrected chi connectivity index (χ2v) is 5.44. The summed E-state index contributed by atoms with van der Waals surface area (Å²) in [6, 6.07) is 10.4. The third kappa shape index (κ3) is 2.28. The number of likely N-dealkylation sites (N-methyl/N-ethyl adjacent to an activating group) is 1. The number of hydrogen-bond acceptors (Lipinski definition) is 3. The molecule has 2 unspecified atom stereocenters. The third-order valence-electron chi connectivity index (χ3n) is 4.00. The van der Waals surface area contributed by atoms with Gasteiger partial charge in [-0.3, -0.25) is 0 Å². The van der Waals surface area contributed by atoms with Crippen LogP contribution in [0.1, 0.15) is 38.5 Å². The number of benzene rings is 1. The smallest absolute Gasteiger partial charge is 0.134 e. The summed E-state index contributed by atoms with van der Waals surface area (Å²) in [5.41, 5.74) is 0.783. The van der Waals surface area contributed by atoms with Crippen LogP contribution in [-0.4, -0.2) is 18.8 Å². The Balaban J connectivity index is 1.99. The van der Waals surface area contributed by atoms with Crippen molar-refractivity contribution in [3.05, 3.63) is 36.1 Å². The molecule has 0 aliphatic carbocycles. The molecule has 0 saturated carbocycles. The number of ether oxygens (including phenoxy) is 1. The maximum absolute atomic E-state index is 6.02. The molecule has 3 rings (SSSR count). The number of para-hydroxylation sites is 1. The van der Waals surface area contributed by atoms with Crippen LogP contribution in [0.2, 0.25) is 0 Å². The van der Waals surface area contributed by atoms with E-state index in [0.717, 1.165) is 42.7 Å². The Morgan fingerprint density at radius 1 is 1.37 bits per heavy atom. The molecule has 3 heteroatoms. The molecule has 1 saturated heterocycles. The van der Waals surface area contributed by atoms with Crippen molar-refractivity contribution < 1.29 is 9.15 Å². The number of nitrogens with one attached hydrogen (secondary N) is 1. The van der Waals surface area contributed by atoms with Crippen LogP contribution in [0.5, 0.6) is 0 Å². The van der Waals surface area contributed by atoms with Crippen LogP contribution in [0, 0.1) is 0 Å². The summed E-state index contributed by atoms with van der Waals surface area (Å²) in [5.74, 6) is 0.979. The Kier molecular flexibility index (Phi) is 3.33. The van der Waals surface area contributed by atoms with Crippen LogP contribution in [0.4, 0.5) is 0 Å². The van der Waals surface area contributed by atoms with Gasteiger partial charge in [-0.05, 0) is 38.4 Å². The summed E-state index contributed by atoms with van der Waals surface area (Å²) < 4.78 is 12.0. The third-order valence-corrected chi connectivity index (χ3v) is 4.00. The minimum absolute atomic E-state index is 0.118. The average molecular weight is 259 g/mol. The first-order chi connectivity index (χ1) is 9.23. The standard InChI is InChI=1S/C16H21NO2/c1-3-17-15(16(2)9-6-10-18-16)14-11-12-7-4-5-8-13(12)19-14/h4-5,7-8,11,15,17H,3,6,9-10H2,1-2H3. The molecule has 0 amide bonds. The van der Waals surface area contributed by atoms with Gasteiger partial charge in [-0.15, -0.1) is 0 Å². The minimum atomic E-state index is -0.163. The zero-order valence-corrected chi connectivity index (χ0v) is 11.6. The Labute approximate surface area is 113 Å². The molecule has 0 radical (unpaired) electrons. The van der Waals surface area contributed by atoms with Gasteiger partial charge in [0.05, 0.1) is 11.6 Å². The molecule has 102 valence electrons. The quantitative estimate of drug-likeness (QED) is 0.910. The maximum atomic E-state index is 6.02. The zero-order chi connectivity index (χ0) is 13.3. The first-order valence-electron chi connectivity index (χ1n) is 7.09. The van der Waals surface area contributed by atoms with E-state index in [4.69, 9.17) is 9.15 Å². The molecule has 2 heterocycles. The Bertz CT molecular complexity index is 522. The number of fused-ring (bicyclic) bond motifs is 1. The SMILES string of the molecule is CCNC(c1cc2ccccc2o1)C1(C)CCCO1. The lowest BCUT2D eigenvalue weighted by molar-refractivity contribution is -0.0173. The van der Waals surface area contributed by atoms with Gasteiger partial charge in [-0.25, -0.2) is 0 Å². The lowest BCUT2D eigenvalue weighted by atomic mass is 9.91. The van der Waals surface area contributed by atoms with E-state index < -0.39 is 0 Å². The normalized spacial score (nSPS) is 24.9. The average Bonchev–Trinajstić information content (AvgIpc) is 3.02. The van der Waals surface area contributed by atoms with E-state index in [1.807, 2.05) is 18.2 Å². The van der Waals surface area contributed by atoms with Crippen LogP contribution in [0.3, 0.4) is 0 Å². The van der Waals surface area contributed by atoms with E-state index in [-0.39, 0.29) is 11.6 Å². The fraction of sp³-hybridized carbons (Fsp3) is 0.500. The topological polar surface area (TPSA) is 34.4 Å². The highest BCUT2D eigenvalue weighted by Crippen LogP contribution is 2.39. The van der Waals surface area contributed by atoms with Crippen LogP contribution in [-0.2, 0) is 4.74 Å². The van der Waals surface area contributed by atoms with E-state index in [2.05, 4.69) is 31.3 Å². The summed E-state index contributed by atoms with van der Waals surface area (Å²) >= 11 is 0. The van der Waals surface area contributed by atoms with Crippen molar-refractivity contribution in [3.63, 3.8) is 0 Å². The molecule has 1 aliphatic rings. The van der Waals surface area contributed by atoms with Crippen LogP contribution >= 0.6 is 0 Å². The van der Waals surface area contributed by atoms with E-state index in [1.54, 1.807) is 0 Å². The summed E-state index contributed by atoms with van der Waals surface area (Å²) in [4.78, 5) is 0. The molecule has 0 spiro atoms. The van der Waals surface area contributed by atoms with Crippen molar-refractivity contribution >= 4 is 11.0 Å². The van der Waals surface area contributed by atoms with Gasteiger partial charge in [0, 0.05) is 12.0 Å². The molecule has 19 heavy (non-hydrogen) atoms. The molecular weight excluding hydrogens is 238 g/mol. The first kappa shape index (κ1) is 12.7. The van der Waals surface area contributed by atoms with Gasteiger partial charge in [0.25, 0.3) is 0 Å². The molecule has 2 atom stereocenters. The largest absolute Gasteiger partial charge is 0.459 e. The number of rotatable bonds is 4. The van der Waals surface area contributed by atoms with Gasteiger partial charge in [-0.1, -0.05) is 25.1 Å². The predicted molar refractivity (Wildman–Crippen MR) is 76.2 cm³/mol. The molecule has 1 aliphatic heterocycles. The van der Waals surface area contributed by atoms with Crippen molar-refractivity contribution in [1.82, 2.24) is 5.32 Å². The van der Waals surface area contributed by atoms with Gasteiger partial charge >= 0.3 is 0 Å². The van der Waals surface area contributed by atoms with E-state index >= 15 is 0 Å². The van der Waals surface area contributed by atoms with Crippen molar-refractivity contribution in [2.75, 3.05) is 13.2 Å². The van der Waals surface area contributed by atoms with Gasteiger partial charge in [0.2, 0.25) is 0 Å². The minimum Gasteiger partial charge on any atom is -0.459 e. The second-order valence-electron chi connectivity index (χ2n) is 5.44. The van der Waals surface area contributed by atoms with E-state index in [0.29, 0.717) is 0 Å². The van der Waals surface area contributed by atoms with Crippen LogP contribution < -0.4 is 5.32 Å². The molecule has 0 bridgehead atoms. The Morgan fingerprint density at radius 2 is 2.21 bits per heavy atom. The van der Waals surface area contributed by atoms with Gasteiger partial charge < -0.3 is 14.5 Å². The summed E-state index contributed by atoms with van der Waals surface area (Å²) in [7, 11) is 0. The summed E-state index contributed by atoms with van der Waals surface area (Å²) in [6.07, 6.45) is 2.19. The highest BCUT2D eigenvalue weighted by atomic mass is 16.5. The maximum Gasteiger partial charge on any atom is 0.134 e. The molecule has 1 aromatic carbocycles. The van der Waals surface area contributed by atoms with Crippen molar-refractivity contribution in [2.24, 2.45) is 0 Å². The van der Waals surface area contributed by atoms with Crippen LogP contribution in [0.25, 0.3) is 11.0 Å². The lowest BCUT2D eigenvalue weighted by Crippen LogP contribution is -2.41. The van der Waals surface area contributed by atoms with Gasteiger partial charge in [0.1, 0.15) is 11.3 Å². The van der Waals surface area contributed by atoms with E-state index in [9.17, 15) is 0 Å². The molecular formula is C16H21NO2. The monoisotopic (exact) mass is 259 g/mol. The first-order valence-corrected chi connectivity index (χ1v) is 7.09. The van der Waals surface area contributed by atoms with Crippen LogP contribution in [0.15, 0.2) is 34.7 Å². The fourth-order valence-corrected chi connectivity index (χ4v) is 2.99. The predicted octanol–water partition coefficient (Wildman–Crippen LogP) is 3.65.